The van der Waals surface area contributed by atoms with Gasteiger partial charge in [-0.25, -0.2) is 4.79 Å². The number of pyridine rings is 1. The fourth-order valence-corrected chi connectivity index (χ4v) is 9.18. The molecule has 4 saturated carbocycles. The van der Waals surface area contributed by atoms with Crippen molar-refractivity contribution in [1.29, 1.82) is 0 Å². The Morgan fingerprint density at radius 1 is 0.959 bits per heavy atom. The van der Waals surface area contributed by atoms with Gasteiger partial charge in [0.25, 0.3) is 0 Å². The first-order valence-electron chi connectivity index (χ1n) is 17.8. The smallest absolute Gasteiger partial charge is 0.409 e. The molecule has 1 saturated heterocycles. The van der Waals surface area contributed by atoms with Crippen LogP contribution in [0.4, 0.5) is 10.5 Å². The van der Waals surface area contributed by atoms with E-state index in [1.807, 2.05) is 25.3 Å². The molecule has 0 spiro atoms. The van der Waals surface area contributed by atoms with E-state index in [0.717, 1.165) is 54.2 Å². The molecule has 9 heteroatoms. The largest absolute Gasteiger partial charge is 0.508 e. The van der Waals surface area contributed by atoms with Crippen molar-refractivity contribution in [1.82, 2.24) is 9.88 Å². The Bertz CT molecular complexity index is 1640. The third-order valence-electron chi connectivity index (χ3n) is 10.6. The predicted molar refractivity (Wildman–Crippen MR) is 194 cm³/mol. The first-order valence-corrected chi connectivity index (χ1v) is 18.2. The van der Waals surface area contributed by atoms with Gasteiger partial charge in [-0.2, -0.15) is 0 Å². The summed E-state index contributed by atoms with van der Waals surface area (Å²) in [6.45, 7) is 5.05. The molecule has 9 rings (SSSR count). The van der Waals surface area contributed by atoms with Gasteiger partial charge in [-0.15, -0.1) is 0 Å². The number of phenols is 1. The topological polar surface area (TPSA) is 118 Å². The van der Waals surface area contributed by atoms with Gasteiger partial charge in [-0.1, -0.05) is 29.3 Å². The fraction of sp³-hybridized carbons (Fsp3) is 0.475. The molecule has 0 unspecified atom stereocenters. The van der Waals surface area contributed by atoms with Crippen molar-refractivity contribution in [3.05, 3.63) is 93.8 Å². The highest BCUT2D eigenvalue weighted by Gasteiger charge is 2.48. The van der Waals surface area contributed by atoms with E-state index in [-0.39, 0.29) is 17.7 Å². The number of nitrogens with zero attached hydrogens (tertiary/aromatic N) is 2. The van der Waals surface area contributed by atoms with Crippen molar-refractivity contribution >= 4 is 34.9 Å². The zero-order valence-electron chi connectivity index (χ0n) is 28.7. The Morgan fingerprint density at radius 3 is 2.18 bits per heavy atom. The lowest BCUT2D eigenvalue weighted by Crippen LogP contribution is -2.55. The van der Waals surface area contributed by atoms with Gasteiger partial charge in [-0.3, -0.25) is 9.78 Å². The maximum Gasteiger partial charge on any atom is 0.409 e. The number of hydrogen-bond acceptors (Lipinski definition) is 6. The standard InChI is InChI=1S/C22H23ClN2O2.C10H17N.C8H9NO2/c1-2-27-22(26)25-12-9-15(10-13-25)20-19-8-7-18(23)14-17(19)6-5-16-4-3-11-24-21(16)20;11-10-4-7-1-8(5-10)3-9(2-7)6-10;1-6(10)9-7-2-4-8(11)5-3-7/h3-4,7-8,11,14H,2,5-6,9-10,12-13H2,1H3;7-9H,1-6,11H2;2-5,11H,1H3,(H,9,10). The number of anilines is 1. The van der Waals surface area contributed by atoms with Crippen LogP contribution in [-0.4, -0.2) is 52.2 Å². The van der Waals surface area contributed by atoms with Gasteiger partial charge in [0.05, 0.1) is 12.3 Å². The number of carbonyl (C=O) groups excluding carboxylic acids is 2. The summed E-state index contributed by atoms with van der Waals surface area (Å²) >= 11 is 6.27. The second kappa shape index (κ2) is 15.3. The molecule has 0 radical (unpaired) electrons. The molecular weight excluding hydrogens is 636 g/mol. The maximum atomic E-state index is 12.0. The average molecular weight is 685 g/mol. The SMILES string of the molecule is CC(=O)Nc1ccc(O)cc1.CCOC(=O)N1CCC(=C2c3ccc(Cl)cc3CCc3cccnc32)CC1.NC12CC3CC(CC(C3)C1)C2. The Hall–Kier alpha value is -3.88. The van der Waals surface area contributed by atoms with Crippen molar-refractivity contribution in [3.63, 3.8) is 0 Å². The summed E-state index contributed by atoms with van der Waals surface area (Å²) in [4.78, 5) is 29.1. The molecular formula is C40H49ClN4O4. The van der Waals surface area contributed by atoms with Gasteiger partial charge in [-0.05, 0) is 148 Å². The number of aromatic nitrogens is 1. The lowest BCUT2D eigenvalue weighted by Gasteiger charge is -2.55. The maximum absolute atomic E-state index is 12.0. The number of amides is 2. The molecule has 2 aromatic carbocycles. The Labute approximate surface area is 295 Å². The molecule has 1 aliphatic heterocycles. The number of benzene rings is 2. The summed E-state index contributed by atoms with van der Waals surface area (Å²) in [5.41, 5.74) is 14.8. The summed E-state index contributed by atoms with van der Waals surface area (Å²) < 4.78 is 5.15. The van der Waals surface area contributed by atoms with Gasteiger partial charge < -0.3 is 25.8 Å². The number of aryl methyl sites for hydroxylation is 2. The zero-order chi connectivity index (χ0) is 34.5. The fourth-order valence-electron chi connectivity index (χ4n) is 8.98. The van der Waals surface area contributed by atoms with E-state index in [1.165, 1.54) is 85.4 Å². The third kappa shape index (κ3) is 8.65. The highest BCUT2D eigenvalue weighted by molar-refractivity contribution is 6.30. The second-order valence-electron chi connectivity index (χ2n) is 14.5. The molecule has 5 fully saturated rings. The van der Waals surface area contributed by atoms with Gasteiger partial charge in [0, 0.05) is 48.0 Å². The van der Waals surface area contributed by atoms with Crippen LogP contribution in [0.5, 0.6) is 5.75 Å². The summed E-state index contributed by atoms with van der Waals surface area (Å²) in [5.74, 6) is 3.14. The van der Waals surface area contributed by atoms with Gasteiger partial charge >= 0.3 is 6.09 Å². The van der Waals surface area contributed by atoms with E-state index in [0.29, 0.717) is 30.9 Å². The average Bonchev–Trinajstić information content (AvgIpc) is 3.22. The molecule has 260 valence electrons. The third-order valence-corrected chi connectivity index (χ3v) is 10.9. The van der Waals surface area contributed by atoms with Gasteiger partial charge in [0.1, 0.15) is 5.75 Å². The van der Waals surface area contributed by atoms with Crippen LogP contribution in [0.15, 0.2) is 66.4 Å². The van der Waals surface area contributed by atoms with Crippen LogP contribution in [0.3, 0.4) is 0 Å². The first kappa shape index (κ1) is 35.0. The minimum atomic E-state index is -0.215. The van der Waals surface area contributed by atoms with Crippen LogP contribution in [0.25, 0.3) is 5.57 Å². The lowest BCUT2D eigenvalue weighted by molar-refractivity contribution is -0.114. The highest BCUT2D eigenvalue weighted by atomic mass is 35.5. The van der Waals surface area contributed by atoms with E-state index in [1.54, 1.807) is 17.0 Å². The van der Waals surface area contributed by atoms with Crippen LogP contribution in [0.2, 0.25) is 5.02 Å². The number of aromatic hydroxyl groups is 1. The van der Waals surface area contributed by atoms with E-state index in [2.05, 4.69) is 23.5 Å². The molecule has 1 aromatic heterocycles. The van der Waals surface area contributed by atoms with Crippen molar-refractivity contribution in [3.8, 4) is 5.75 Å². The molecule has 2 amide bonds. The van der Waals surface area contributed by atoms with Crippen LogP contribution in [-0.2, 0) is 22.4 Å². The predicted octanol–water partition coefficient (Wildman–Crippen LogP) is 8.15. The number of nitrogens with one attached hydrogen (secondary N) is 1. The van der Waals surface area contributed by atoms with E-state index in [4.69, 9.17) is 32.2 Å². The van der Waals surface area contributed by atoms with Gasteiger partial charge in [0.15, 0.2) is 0 Å². The number of ether oxygens (including phenoxy) is 1. The number of nitrogens with two attached hydrogens (primary N) is 1. The monoisotopic (exact) mass is 684 g/mol. The van der Waals surface area contributed by atoms with Crippen molar-refractivity contribution in [2.45, 2.75) is 83.6 Å². The Kier molecular flexibility index (Phi) is 10.9. The lowest BCUT2D eigenvalue weighted by atomic mass is 9.53. The molecule has 6 aliphatic rings. The Balaban J connectivity index is 0.000000154. The molecule has 8 nitrogen and oxygen atoms in total. The molecule has 49 heavy (non-hydrogen) atoms. The Morgan fingerprint density at radius 2 is 1.59 bits per heavy atom. The van der Waals surface area contributed by atoms with Crippen LogP contribution < -0.4 is 11.1 Å². The second-order valence-corrected chi connectivity index (χ2v) is 14.9. The van der Waals surface area contributed by atoms with E-state index >= 15 is 0 Å². The van der Waals surface area contributed by atoms with Crippen LogP contribution >= 0.6 is 11.6 Å². The number of piperidine rings is 1. The number of fused-ring (bicyclic) bond motifs is 2. The number of carbonyl (C=O) groups is 2. The van der Waals surface area contributed by atoms with Crippen molar-refractivity contribution < 1.29 is 19.4 Å². The number of phenolic OH excluding ortho intramolecular Hbond substituents is 1. The molecule has 3 aromatic rings. The first-order chi connectivity index (χ1) is 23.6. The molecule has 5 aliphatic carbocycles. The number of likely N-dealkylation sites (tertiary alicyclic amines) is 1. The summed E-state index contributed by atoms with van der Waals surface area (Å²) in [7, 11) is 0. The molecule has 0 atom stereocenters. The minimum Gasteiger partial charge on any atom is -0.508 e. The zero-order valence-corrected chi connectivity index (χ0v) is 29.5. The highest BCUT2D eigenvalue weighted by Crippen LogP contribution is 2.54. The van der Waals surface area contributed by atoms with Gasteiger partial charge in [0.2, 0.25) is 5.91 Å². The van der Waals surface area contributed by atoms with Crippen molar-refractivity contribution in [2.24, 2.45) is 23.5 Å². The number of hydrogen-bond donors (Lipinski definition) is 3. The van der Waals surface area contributed by atoms with Crippen molar-refractivity contribution in [2.75, 3.05) is 25.0 Å². The van der Waals surface area contributed by atoms with E-state index < -0.39 is 0 Å². The summed E-state index contributed by atoms with van der Waals surface area (Å²) in [5, 5.41) is 12.2. The molecule has 2 heterocycles. The quantitative estimate of drug-likeness (QED) is 0.235. The normalized spacial score (nSPS) is 24.7. The van der Waals surface area contributed by atoms with Crippen LogP contribution in [0.1, 0.15) is 87.6 Å². The summed E-state index contributed by atoms with van der Waals surface area (Å²) in [6.07, 6.45) is 13.8. The summed E-state index contributed by atoms with van der Waals surface area (Å²) in [6, 6.07) is 16.7. The number of rotatable bonds is 2. The minimum absolute atomic E-state index is 0.115. The van der Waals surface area contributed by atoms with Crippen LogP contribution in [0, 0.1) is 17.8 Å². The number of halogens is 1. The molecule has 4 N–H and O–H groups in total. The molecule has 4 bridgehead atoms. The van der Waals surface area contributed by atoms with E-state index in [9.17, 15) is 9.59 Å².